The third-order valence-corrected chi connectivity index (χ3v) is 12.5. The van der Waals surface area contributed by atoms with Gasteiger partial charge in [-0.2, -0.15) is 0 Å². The van der Waals surface area contributed by atoms with Gasteiger partial charge < -0.3 is 14.0 Å². The summed E-state index contributed by atoms with van der Waals surface area (Å²) in [6.07, 6.45) is 10.6. The smallest absolute Gasteiger partial charge is 0.0641 e. The standard InChI is InChI=1S/C50H33N3.C8H12.C6H10.C2H6.HI/c1-2-16-38(17-3-1)51(41-24-22-34-12-4-6-14-36(34)32-41)39-26-28-40(29-27-39)53-46-20-10-8-18-43(46)44-30-31-48-49(50(44)53)45-19-9-11-21-47(45)52(48)42-25-23-35-13-5-7-15-37(35)33-42;1-4-6-7-8(3)5-2;1-4-6(3)5-2;1-2;/h1-33H;4-7H,1H2,2-3H3;4H,1,3,5H2,2H3;1-2H3;1H/b;7-6-,8-5-;;;. The van der Waals surface area contributed by atoms with E-state index in [0.29, 0.717) is 0 Å². The fourth-order valence-corrected chi connectivity index (χ4v) is 8.92. The molecule has 11 aromatic rings. The highest BCUT2D eigenvalue weighted by Crippen LogP contribution is 2.43. The molecule has 0 atom stereocenters. The van der Waals surface area contributed by atoms with Crippen molar-refractivity contribution in [2.45, 2.75) is 41.0 Å². The van der Waals surface area contributed by atoms with E-state index in [9.17, 15) is 0 Å². The van der Waals surface area contributed by atoms with E-state index in [0.717, 1.165) is 40.4 Å². The molecular weight excluding hydrogens is 962 g/mol. The van der Waals surface area contributed by atoms with Crippen LogP contribution in [0.1, 0.15) is 41.0 Å². The van der Waals surface area contributed by atoms with Crippen molar-refractivity contribution in [3.05, 3.63) is 261 Å². The van der Waals surface area contributed by atoms with Crippen LogP contribution in [-0.2, 0) is 0 Å². The Labute approximate surface area is 431 Å². The van der Waals surface area contributed by atoms with E-state index in [1.165, 1.54) is 70.7 Å². The SMILES string of the molecule is C=C/C=C\C(C)=C/C.C=CC(=C)CC.CC.I.c1ccc(N(c2ccc(-n3c4ccccc4c4ccc5c(c6ccccc6n5-c5ccc6ccccc6c5)c43)cc2)c2ccc3ccccc3c2)cc1. The largest absolute Gasteiger partial charge is 0.310 e. The molecule has 0 saturated carbocycles. The molecule has 3 nitrogen and oxygen atoms in total. The van der Waals surface area contributed by atoms with Gasteiger partial charge in [0.15, 0.2) is 0 Å². The van der Waals surface area contributed by atoms with Crippen LogP contribution in [-0.4, -0.2) is 9.13 Å². The van der Waals surface area contributed by atoms with Gasteiger partial charge in [-0.15, -0.1) is 24.0 Å². The molecule has 4 heteroatoms. The minimum absolute atomic E-state index is 0. The van der Waals surface area contributed by atoms with E-state index in [4.69, 9.17) is 0 Å². The lowest BCUT2D eigenvalue weighted by Crippen LogP contribution is -2.10. The van der Waals surface area contributed by atoms with Crippen LogP contribution in [0.15, 0.2) is 261 Å². The molecule has 0 saturated heterocycles. The van der Waals surface area contributed by atoms with E-state index in [-0.39, 0.29) is 24.0 Å². The summed E-state index contributed by atoms with van der Waals surface area (Å²) in [6.45, 7) is 20.9. The second-order valence-electron chi connectivity index (χ2n) is 16.7. The summed E-state index contributed by atoms with van der Waals surface area (Å²) >= 11 is 0. The number of benzene rings is 9. The maximum absolute atomic E-state index is 3.67. The predicted octanol–water partition coefficient (Wildman–Crippen LogP) is 20.1. The summed E-state index contributed by atoms with van der Waals surface area (Å²) in [5, 5.41) is 9.94. The van der Waals surface area contributed by atoms with Crippen molar-refractivity contribution in [3.63, 3.8) is 0 Å². The quantitative estimate of drug-likeness (QED) is 0.104. The van der Waals surface area contributed by atoms with Gasteiger partial charge in [0.2, 0.25) is 0 Å². The fraction of sp³-hybridized carbons (Fsp3) is 0.0909. The number of nitrogens with zero attached hydrogens (tertiary/aromatic N) is 3. The van der Waals surface area contributed by atoms with Crippen LogP contribution in [0.5, 0.6) is 0 Å². The van der Waals surface area contributed by atoms with Crippen molar-refractivity contribution in [1.29, 1.82) is 0 Å². The monoisotopic (exact) mass is 1020 g/mol. The van der Waals surface area contributed by atoms with Gasteiger partial charge in [-0.25, -0.2) is 0 Å². The molecule has 0 N–H and O–H groups in total. The average Bonchev–Trinajstić information content (AvgIpc) is 3.94. The molecular formula is C66H62IN3. The number of halogens is 1. The van der Waals surface area contributed by atoms with Gasteiger partial charge in [0.1, 0.15) is 0 Å². The van der Waals surface area contributed by atoms with Crippen molar-refractivity contribution in [2.24, 2.45) is 0 Å². The molecule has 0 aliphatic heterocycles. The van der Waals surface area contributed by atoms with Gasteiger partial charge in [-0.3, -0.25) is 0 Å². The van der Waals surface area contributed by atoms with Crippen LogP contribution in [0.4, 0.5) is 17.1 Å². The molecule has 0 unspecified atom stereocenters. The molecule has 0 radical (unpaired) electrons. The molecule has 0 amide bonds. The lowest BCUT2D eigenvalue weighted by Gasteiger charge is -2.26. The van der Waals surface area contributed by atoms with Crippen molar-refractivity contribution in [1.82, 2.24) is 9.13 Å². The van der Waals surface area contributed by atoms with Crippen molar-refractivity contribution < 1.29 is 0 Å². The number of fused-ring (bicyclic) bond motifs is 9. The summed E-state index contributed by atoms with van der Waals surface area (Å²) in [6, 6.07) is 72.7. The first-order valence-electron chi connectivity index (χ1n) is 24.0. The number of hydrogen-bond acceptors (Lipinski definition) is 1. The maximum Gasteiger partial charge on any atom is 0.0641 e. The van der Waals surface area contributed by atoms with Crippen LogP contribution in [0, 0.1) is 0 Å². The van der Waals surface area contributed by atoms with E-state index in [2.05, 4.69) is 254 Å². The molecule has 9 aromatic carbocycles. The normalized spacial score (nSPS) is 11.1. The highest BCUT2D eigenvalue weighted by atomic mass is 127. The first-order chi connectivity index (χ1) is 33.9. The van der Waals surface area contributed by atoms with Crippen LogP contribution in [0.2, 0.25) is 0 Å². The molecule has 2 heterocycles. The Morgan fingerprint density at radius 3 is 1.66 bits per heavy atom. The molecule has 0 fully saturated rings. The highest BCUT2D eigenvalue weighted by molar-refractivity contribution is 14.0. The topological polar surface area (TPSA) is 13.1 Å². The molecule has 0 aliphatic carbocycles. The highest BCUT2D eigenvalue weighted by Gasteiger charge is 2.21. The zero-order valence-corrected chi connectivity index (χ0v) is 43.3. The number of anilines is 3. The first kappa shape index (κ1) is 50.2. The Hall–Kier alpha value is -7.67. The molecule has 0 aliphatic rings. The molecule has 11 rings (SSSR count). The maximum atomic E-state index is 3.67. The van der Waals surface area contributed by atoms with Crippen LogP contribution >= 0.6 is 24.0 Å². The average molecular weight is 1020 g/mol. The molecule has 2 aromatic heterocycles. The molecule has 70 heavy (non-hydrogen) atoms. The lowest BCUT2D eigenvalue weighted by molar-refractivity contribution is 1.16. The van der Waals surface area contributed by atoms with Gasteiger partial charge >= 0.3 is 0 Å². The van der Waals surface area contributed by atoms with Crippen molar-refractivity contribution >= 4 is 106 Å². The molecule has 0 spiro atoms. The summed E-state index contributed by atoms with van der Waals surface area (Å²) < 4.78 is 4.90. The van der Waals surface area contributed by atoms with Gasteiger partial charge in [0.25, 0.3) is 0 Å². The fourth-order valence-electron chi connectivity index (χ4n) is 8.92. The van der Waals surface area contributed by atoms with Crippen molar-refractivity contribution in [2.75, 3.05) is 4.90 Å². The third-order valence-electron chi connectivity index (χ3n) is 12.5. The number of allylic oxidation sites excluding steroid dienone is 7. The third kappa shape index (κ3) is 10.3. The van der Waals surface area contributed by atoms with Gasteiger partial charge in [-0.1, -0.05) is 203 Å². The minimum Gasteiger partial charge on any atom is -0.310 e. The second-order valence-corrected chi connectivity index (χ2v) is 16.7. The predicted molar refractivity (Wildman–Crippen MR) is 320 cm³/mol. The van der Waals surface area contributed by atoms with Crippen LogP contribution in [0.3, 0.4) is 0 Å². The van der Waals surface area contributed by atoms with E-state index in [1.807, 2.05) is 32.9 Å². The van der Waals surface area contributed by atoms with Gasteiger partial charge in [0, 0.05) is 50.0 Å². The minimum atomic E-state index is 0. The zero-order chi connectivity index (χ0) is 48.3. The molecule has 0 bridgehead atoms. The Bertz CT molecular complexity index is 3640. The summed E-state index contributed by atoms with van der Waals surface area (Å²) in [5.74, 6) is 0. The van der Waals surface area contributed by atoms with Gasteiger partial charge in [-0.05, 0) is 121 Å². The van der Waals surface area contributed by atoms with E-state index in [1.54, 1.807) is 12.2 Å². The molecule has 348 valence electrons. The Kier molecular flexibility index (Phi) is 16.9. The van der Waals surface area contributed by atoms with Crippen LogP contribution in [0.25, 0.3) is 76.5 Å². The van der Waals surface area contributed by atoms with E-state index >= 15 is 0 Å². The summed E-state index contributed by atoms with van der Waals surface area (Å²) in [5.41, 5.74) is 12.8. The Balaban J connectivity index is 0.000000372. The second kappa shape index (κ2) is 23.6. The zero-order valence-electron chi connectivity index (χ0n) is 41.0. The summed E-state index contributed by atoms with van der Waals surface area (Å²) in [7, 11) is 0. The summed E-state index contributed by atoms with van der Waals surface area (Å²) in [4.78, 5) is 2.34. The Morgan fingerprint density at radius 1 is 0.514 bits per heavy atom. The van der Waals surface area contributed by atoms with Gasteiger partial charge in [0.05, 0.1) is 22.1 Å². The van der Waals surface area contributed by atoms with E-state index < -0.39 is 0 Å². The number of hydrogen-bond donors (Lipinski definition) is 0. The number of rotatable bonds is 9. The lowest BCUT2D eigenvalue weighted by atomic mass is 10.1. The first-order valence-corrected chi connectivity index (χ1v) is 24.0. The van der Waals surface area contributed by atoms with Crippen LogP contribution < -0.4 is 4.90 Å². The number of aromatic nitrogens is 2. The Morgan fingerprint density at radius 2 is 1.04 bits per heavy atom. The van der Waals surface area contributed by atoms with Crippen molar-refractivity contribution in [3.8, 4) is 11.4 Å². The number of para-hydroxylation sites is 3.